The molecule has 0 saturated carbocycles. The fraction of sp³-hybridized carbons (Fsp3) is 0.222. The number of anilines is 1. The molecule has 3 atom stereocenters. The van der Waals surface area contributed by atoms with Crippen molar-refractivity contribution < 1.29 is 8.42 Å². The zero-order chi connectivity index (χ0) is 16.9. The molecule has 0 aromatic heterocycles. The van der Waals surface area contributed by atoms with Crippen molar-refractivity contribution in [1.29, 1.82) is 0 Å². The second-order valence-corrected chi connectivity index (χ2v) is 8.80. The number of hydrogen-bond acceptors (Lipinski definition) is 3. The lowest BCUT2D eigenvalue weighted by Crippen LogP contribution is -2.29. The van der Waals surface area contributed by atoms with Crippen molar-refractivity contribution in [2.75, 3.05) is 5.32 Å². The third-order valence-electron chi connectivity index (χ3n) is 4.89. The van der Waals surface area contributed by atoms with Crippen LogP contribution in [0.3, 0.4) is 0 Å². The smallest absolute Gasteiger partial charge is 0.238 e. The number of benzene rings is 2. The summed E-state index contributed by atoms with van der Waals surface area (Å²) in [7, 11) is -3.69. The van der Waals surface area contributed by atoms with Crippen LogP contribution in [0, 0.1) is 5.92 Å². The minimum absolute atomic E-state index is 0.171. The number of nitrogens with one attached hydrogen (secondary N) is 1. The summed E-state index contributed by atoms with van der Waals surface area (Å²) in [6.45, 7) is 0. The third-order valence-corrected chi connectivity index (χ3v) is 6.33. The highest BCUT2D eigenvalue weighted by Crippen LogP contribution is 2.50. The summed E-state index contributed by atoms with van der Waals surface area (Å²) in [6, 6.07) is 13.7. The standard InChI is InChI=1S/C18H17BrN2O2S/c19-12-6-4-11(5-7-12)18-15-3-1-2-14(15)16-10-13(24(20,22)23)8-9-17(16)21-18/h1-2,4-10,14-15,18,21H,3H2,(H2,20,22,23)/t14-,15-,18-/m0/s1. The molecule has 124 valence electrons. The van der Waals surface area contributed by atoms with Gasteiger partial charge in [-0.1, -0.05) is 40.2 Å². The zero-order valence-electron chi connectivity index (χ0n) is 12.8. The summed E-state index contributed by atoms with van der Waals surface area (Å²) in [4.78, 5) is 0.171. The zero-order valence-corrected chi connectivity index (χ0v) is 15.2. The van der Waals surface area contributed by atoms with Crippen LogP contribution in [0.25, 0.3) is 0 Å². The molecule has 3 N–H and O–H groups in total. The average molecular weight is 405 g/mol. The van der Waals surface area contributed by atoms with E-state index >= 15 is 0 Å². The van der Waals surface area contributed by atoms with E-state index in [0.29, 0.717) is 5.92 Å². The maximum Gasteiger partial charge on any atom is 0.238 e. The van der Waals surface area contributed by atoms with Crippen molar-refractivity contribution in [3.8, 4) is 0 Å². The molecule has 1 aliphatic carbocycles. The van der Waals surface area contributed by atoms with E-state index in [9.17, 15) is 8.42 Å². The molecule has 0 saturated heterocycles. The van der Waals surface area contributed by atoms with E-state index in [0.717, 1.165) is 22.1 Å². The first-order valence-corrected chi connectivity index (χ1v) is 10.1. The molecule has 6 heteroatoms. The van der Waals surface area contributed by atoms with Gasteiger partial charge in [0.2, 0.25) is 10.0 Å². The normalized spacial score (nSPS) is 25.0. The maximum absolute atomic E-state index is 11.7. The number of allylic oxidation sites excluding steroid dienone is 2. The Bertz CT molecular complexity index is 923. The molecule has 4 nitrogen and oxygen atoms in total. The number of fused-ring (bicyclic) bond motifs is 3. The number of sulfonamides is 1. The molecule has 24 heavy (non-hydrogen) atoms. The van der Waals surface area contributed by atoms with Gasteiger partial charge >= 0.3 is 0 Å². The Labute approximate surface area is 149 Å². The molecule has 2 aliphatic rings. The monoisotopic (exact) mass is 404 g/mol. The lowest BCUT2D eigenvalue weighted by atomic mass is 9.77. The molecule has 0 amide bonds. The Hall–Kier alpha value is -1.63. The second-order valence-electron chi connectivity index (χ2n) is 6.32. The lowest BCUT2D eigenvalue weighted by Gasteiger charge is -2.37. The highest BCUT2D eigenvalue weighted by Gasteiger charge is 2.38. The molecule has 2 aromatic rings. The van der Waals surface area contributed by atoms with E-state index in [-0.39, 0.29) is 16.9 Å². The predicted molar refractivity (Wildman–Crippen MR) is 98.3 cm³/mol. The van der Waals surface area contributed by atoms with Crippen LogP contribution in [0.15, 0.2) is 64.0 Å². The van der Waals surface area contributed by atoms with Gasteiger partial charge in [-0.05, 0) is 53.8 Å². The van der Waals surface area contributed by atoms with Gasteiger partial charge < -0.3 is 5.32 Å². The molecule has 0 bridgehead atoms. The Morgan fingerprint density at radius 1 is 1.12 bits per heavy atom. The van der Waals surface area contributed by atoms with E-state index < -0.39 is 10.0 Å². The maximum atomic E-state index is 11.7. The van der Waals surface area contributed by atoms with Crippen LogP contribution in [-0.2, 0) is 10.0 Å². The van der Waals surface area contributed by atoms with Gasteiger partial charge in [-0.15, -0.1) is 0 Å². The van der Waals surface area contributed by atoms with Gasteiger partial charge in [0.25, 0.3) is 0 Å². The van der Waals surface area contributed by atoms with E-state index in [1.165, 1.54) is 5.56 Å². The summed E-state index contributed by atoms with van der Waals surface area (Å²) >= 11 is 3.48. The van der Waals surface area contributed by atoms with Gasteiger partial charge in [0, 0.05) is 16.1 Å². The van der Waals surface area contributed by atoms with Crippen LogP contribution in [-0.4, -0.2) is 8.42 Å². The summed E-state index contributed by atoms with van der Waals surface area (Å²) < 4.78 is 24.4. The number of primary sulfonamides is 1. The molecular weight excluding hydrogens is 388 g/mol. The third kappa shape index (κ3) is 2.68. The van der Waals surface area contributed by atoms with Crippen LogP contribution in [0.1, 0.15) is 29.5 Å². The van der Waals surface area contributed by atoms with Crippen LogP contribution in [0.4, 0.5) is 5.69 Å². The van der Waals surface area contributed by atoms with Crippen molar-refractivity contribution in [3.05, 3.63) is 70.2 Å². The van der Waals surface area contributed by atoms with Gasteiger partial charge in [0.05, 0.1) is 10.9 Å². The SMILES string of the molecule is NS(=O)(=O)c1ccc2c(c1)[C@H]1C=CC[C@@H]1[C@H](c1ccc(Br)cc1)N2. The number of nitrogens with two attached hydrogens (primary N) is 1. The molecule has 0 fully saturated rings. The molecule has 0 spiro atoms. The van der Waals surface area contributed by atoms with E-state index in [2.05, 4.69) is 45.5 Å². The number of rotatable bonds is 2. The van der Waals surface area contributed by atoms with E-state index in [1.54, 1.807) is 12.1 Å². The average Bonchev–Trinajstić information content (AvgIpc) is 3.03. The van der Waals surface area contributed by atoms with Gasteiger partial charge in [-0.3, -0.25) is 0 Å². The highest BCUT2D eigenvalue weighted by molar-refractivity contribution is 9.10. The molecule has 0 radical (unpaired) electrons. The van der Waals surface area contributed by atoms with Crippen molar-refractivity contribution in [3.63, 3.8) is 0 Å². The fourth-order valence-electron chi connectivity index (χ4n) is 3.75. The van der Waals surface area contributed by atoms with Gasteiger partial charge in [0.1, 0.15) is 0 Å². The van der Waals surface area contributed by atoms with Crippen LogP contribution in [0.2, 0.25) is 0 Å². The number of hydrogen-bond donors (Lipinski definition) is 2. The van der Waals surface area contributed by atoms with Crippen molar-refractivity contribution in [2.24, 2.45) is 11.1 Å². The van der Waals surface area contributed by atoms with Gasteiger partial charge in [-0.2, -0.15) is 0 Å². The van der Waals surface area contributed by atoms with Gasteiger partial charge in [-0.25, -0.2) is 13.6 Å². The van der Waals surface area contributed by atoms with Crippen LogP contribution >= 0.6 is 15.9 Å². The Kier molecular flexibility index (Phi) is 3.78. The summed E-state index contributed by atoms with van der Waals surface area (Å²) in [5.74, 6) is 0.575. The highest BCUT2D eigenvalue weighted by atomic mass is 79.9. The van der Waals surface area contributed by atoms with Crippen molar-refractivity contribution in [2.45, 2.75) is 23.3 Å². The van der Waals surface area contributed by atoms with Crippen molar-refractivity contribution >= 4 is 31.6 Å². The molecule has 4 rings (SSSR count). The lowest BCUT2D eigenvalue weighted by molar-refractivity contribution is 0.425. The fourth-order valence-corrected chi connectivity index (χ4v) is 4.56. The summed E-state index contributed by atoms with van der Waals surface area (Å²) in [6.07, 6.45) is 5.34. The second kappa shape index (κ2) is 5.72. The van der Waals surface area contributed by atoms with Crippen molar-refractivity contribution in [1.82, 2.24) is 0 Å². The molecule has 2 aromatic carbocycles. The first kappa shape index (κ1) is 15.9. The molecule has 1 heterocycles. The van der Waals surface area contributed by atoms with E-state index in [4.69, 9.17) is 5.14 Å². The van der Waals surface area contributed by atoms with Gasteiger partial charge in [0.15, 0.2) is 0 Å². The number of halogens is 1. The minimum Gasteiger partial charge on any atom is -0.378 e. The Morgan fingerprint density at radius 2 is 1.88 bits per heavy atom. The first-order chi connectivity index (χ1) is 11.4. The van der Waals surface area contributed by atoms with E-state index in [1.807, 2.05) is 18.2 Å². The quantitative estimate of drug-likeness (QED) is 0.744. The topological polar surface area (TPSA) is 72.2 Å². The minimum atomic E-state index is -3.69. The molecule has 0 unspecified atom stereocenters. The summed E-state index contributed by atoms with van der Waals surface area (Å²) in [5, 5.41) is 8.88. The molecular formula is C18H17BrN2O2S. The van der Waals surface area contributed by atoms with Crippen LogP contribution < -0.4 is 10.5 Å². The Balaban J connectivity index is 1.79. The Morgan fingerprint density at radius 3 is 2.58 bits per heavy atom. The largest absolute Gasteiger partial charge is 0.378 e. The van der Waals surface area contributed by atoms with Crippen LogP contribution in [0.5, 0.6) is 0 Å². The first-order valence-electron chi connectivity index (χ1n) is 7.79. The molecule has 1 aliphatic heterocycles. The summed E-state index contributed by atoms with van der Waals surface area (Å²) in [5.41, 5.74) is 3.22. The predicted octanol–water partition coefficient (Wildman–Crippen LogP) is 3.92.